The summed E-state index contributed by atoms with van der Waals surface area (Å²) in [5.41, 5.74) is 12.7. The number of benzene rings is 2. The Morgan fingerprint density at radius 1 is 0.952 bits per heavy atom. The van der Waals surface area contributed by atoms with Gasteiger partial charge >= 0.3 is 0 Å². The van der Waals surface area contributed by atoms with Gasteiger partial charge in [-0.05, 0) is 56.0 Å². The number of hydrogen-bond acceptors (Lipinski definition) is 2. The van der Waals surface area contributed by atoms with Crippen molar-refractivity contribution in [2.45, 2.75) is 33.7 Å². The number of nitrogens with zero attached hydrogens (tertiary/aromatic N) is 1. The average molecular weight is 282 g/mol. The molecule has 2 N–H and O–H groups in total. The minimum absolute atomic E-state index is 0.219. The van der Waals surface area contributed by atoms with Gasteiger partial charge in [-0.1, -0.05) is 36.4 Å². The van der Waals surface area contributed by atoms with Gasteiger partial charge in [0.05, 0.1) is 6.04 Å². The van der Waals surface area contributed by atoms with E-state index in [1.54, 1.807) is 0 Å². The van der Waals surface area contributed by atoms with E-state index < -0.39 is 0 Å². The Morgan fingerprint density at radius 2 is 1.62 bits per heavy atom. The second kappa shape index (κ2) is 6.77. The standard InChI is InChI=1S/C19H26N2/c1-5-21(18-12-7-6-9-15(18)3)19(13-20)17-11-8-10-14(2)16(17)4/h6-12,19H,5,13,20H2,1-4H3. The smallest absolute Gasteiger partial charge is 0.0667 e. The van der Waals surface area contributed by atoms with Gasteiger partial charge in [-0.2, -0.15) is 0 Å². The van der Waals surface area contributed by atoms with Crippen LogP contribution in [0.25, 0.3) is 0 Å². The molecule has 2 aromatic rings. The van der Waals surface area contributed by atoms with Gasteiger partial charge in [0.2, 0.25) is 0 Å². The van der Waals surface area contributed by atoms with E-state index in [2.05, 4.69) is 75.1 Å². The zero-order chi connectivity index (χ0) is 15.4. The molecule has 0 fully saturated rings. The molecule has 0 spiro atoms. The van der Waals surface area contributed by atoms with Crippen LogP contribution in [-0.4, -0.2) is 13.1 Å². The van der Waals surface area contributed by atoms with Crippen molar-refractivity contribution >= 4 is 5.69 Å². The molecule has 0 aliphatic heterocycles. The fourth-order valence-electron chi connectivity index (χ4n) is 3.00. The lowest BCUT2D eigenvalue weighted by Gasteiger charge is -2.34. The highest BCUT2D eigenvalue weighted by atomic mass is 15.2. The number of rotatable bonds is 5. The van der Waals surface area contributed by atoms with E-state index in [1.165, 1.54) is 27.9 Å². The first kappa shape index (κ1) is 15.6. The maximum absolute atomic E-state index is 6.15. The lowest BCUT2D eigenvalue weighted by Crippen LogP contribution is -2.34. The molecule has 0 heterocycles. The molecule has 0 aromatic heterocycles. The van der Waals surface area contributed by atoms with Gasteiger partial charge in [-0.15, -0.1) is 0 Å². The summed E-state index contributed by atoms with van der Waals surface area (Å²) < 4.78 is 0. The number of para-hydroxylation sites is 1. The monoisotopic (exact) mass is 282 g/mol. The lowest BCUT2D eigenvalue weighted by atomic mass is 9.95. The van der Waals surface area contributed by atoms with Crippen LogP contribution in [0, 0.1) is 20.8 Å². The van der Waals surface area contributed by atoms with Crippen molar-refractivity contribution in [3.63, 3.8) is 0 Å². The summed E-state index contributed by atoms with van der Waals surface area (Å²) in [7, 11) is 0. The molecule has 2 nitrogen and oxygen atoms in total. The zero-order valence-electron chi connectivity index (χ0n) is 13.6. The highest BCUT2D eigenvalue weighted by Gasteiger charge is 2.21. The third-order valence-electron chi connectivity index (χ3n) is 4.37. The van der Waals surface area contributed by atoms with Crippen molar-refractivity contribution in [1.82, 2.24) is 0 Å². The molecule has 2 heteroatoms. The number of aryl methyl sites for hydroxylation is 2. The fourth-order valence-corrected chi connectivity index (χ4v) is 3.00. The van der Waals surface area contributed by atoms with Crippen LogP contribution in [0.3, 0.4) is 0 Å². The van der Waals surface area contributed by atoms with Gasteiger partial charge in [0.1, 0.15) is 0 Å². The van der Waals surface area contributed by atoms with Gasteiger partial charge < -0.3 is 10.6 Å². The van der Waals surface area contributed by atoms with Crippen LogP contribution in [0.15, 0.2) is 42.5 Å². The number of likely N-dealkylation sites (N-methyl/N-ethyl adjacent to an activating group) is 1. The minimum Gasteiger partial charge on any atom is -0.363 e. The Labute approximate surface area is 128 Å². The first-order chi connectivity index (χ1) is 10.1. The van der Waals surface area contributed by atoms with E-state index in [4.69, 9.17) is 5.73 Å². The number of hydrogen-bond donors (Lipinski definition) is 1. The molecule has 21 heavy (non-hydrogen) atoms. The van der Waals surface area contributed by atoms with Gasteiger partial charge in [0.25, 0.3) is 0 Å². The fraction of sp³-hybridized carbons (Fsp3) is 0.368. The van der Waals surface area contributed by atoms with Crippen molar-refractivity contribution in [2.75, 3.05) is 18.0 Å². The lowest BCUT2D eigenvalue weighted by molar-refractivity contribution is 0.638. The van der Waals surface area contributed by atoms with Crippen LogP contribution in [0.2, 0.25) is 0 Å². The minimum atomic E-state index is 0.219. The topological polar surface area (TPSA) is 29.3 Å². The molecule has 2 aromatic carbocycles. The molecule has 0 aliphatic rings. The second-order valence-electron chi connectivity index (χ2n) is 5.61. The predicted octanol–water partition coefficient (Wildman–Crippen LogP) is 4.14. The van der Waals surface area contributed by atoms with Crippen molar-refractivity contribution in [3.05, 3.63) is 64.7 Å². The highest BCUT2D eigenvalue weighted by Crippen LogP contribution is 2.31. The molecule has 0 saturated carbocycles. The van der Waals surface area contributed by atoms with E-state index in [1.807, 2.05) is 0 Å². The maximum atomic E-state index is 6.15. The molecule has 0 aliphatic carbocycles. The van der Waals surface area contributed by atoms with Gasteiger partial charge in [0, 0.05) is 18.8 Å². The summed E-state index contributed by atoms with van der Waals surface area (Å²) >= 11 is 0. The third-order valence-corrected chi connectivity index (χ3v) is 4.37. The quantitative estimate of drug-likeness (QED) is 0.893. The molecule has 2 rings (SSSR count). The average Bonchev–Trinajstić information content (AvgIpc) is 2.49. The number of nitrogens with two attached hydrogens (primary N) is 1. The Kier molecular flexibility index (Phi) is 5.03. The van der Waals surface area contributed by atoms with E-state index in [0.717, 1.165) is 6.54 Å². The van der Waals surface area contributed by atoms with Gasteiger partial charge in [-0.3, -0.25) is 0 Å². The largest absolute Gasteiger partial charge is 0.363 e. The third kappa shape index (κ3) is 3.11. The molecular formula is C19H26N2. The molecular weight excluding hydrogens is 256 g/mol. The first-order valence-electron chi connectivity index (χ1n) is 7.68. The van der Waals surface area contributed by atoms with Gasteiger partial charge in [-0.25, -0.2) is 0 Å². The number of anilines is 1. The summed E-state index contributed by atoms with van der Waals surface area (Å²) in [5, 5.41) is 0. The molecule has 0 radical (unpaired) electrons. The first-order valence-corrected chi connectivity index (χ1v) is 7.68. The Morgan fingerprint density at radius 3 is 2.24 bits per heavy atom. The summed E-state index contributed by atoms with van der Waals surface area (Å²) in [6.45, 7) is 10.3. The Balaban J connectivity index is 2.48. The summed E-state index contributed by atoms with van der Waals surface area (Å²) in [5.74, 6) is 0. The maximum Gasteiger partial charge on any atom is 0.0667 e. The van der Waals surface area contributed by atoms with E-state index in [9.17, 15) is 0 Å². The van der Waals surface area contributed by atoms with Gasteiger partial charge in [0.15, 0.2) is 0 Å². The van der Waals surface area contributed by atoms with Crippen LogP contribution >= 0.6 is 0 Å². The van der Waals surface area contributed by atoms with Crippen LogP contribution in [-0.2, 0) is 0 Å². The van der Waals surface area contributed by atoms with E-state index in [0.29, 0.717) is 6.54 Å². The van der Waals surface area contributed by atoms with Crippen molar-refractivity contribution < 1.29 is 0 Å². The summed E-state index contributed by atoms with van der Waals surface area (Å²) in [4.78, 5) is 2.41. The summed E-state index contributed by atoms with van der Waals surface area (Å²) in [6, 6.07) is 15.3. The normalized spacial score (nSPS) is 12.2. The van der Waals surface area contributed by atoms with Crippen molar-refractivity contribution in [3.8, 4) is 0 Å². The SMILES string of the molecule is CCN(c1ccccc1C)C(CN)c1cccc(C)c1C. The van der Waals surface area contributed by atoms with E-state index >= 15 is 0 Å². The van der Waals surface area contributed by atoms with Crippen LogP contribution in [0.5, 0.6) is 0 Å². The molecule has 1 unspecified atom stereocenters. The zero-order valence-corrected chi connectivity index (χ0v) is 13.6. The molecule has 0 bridgehead atoms. The van der Waals surface area contributed by atoms with Crippen LogP contribution in [0.4, 0.5) is 5.69 Å². The molecule has 0 saturated heterocycles. The second-order valence-corrected chi connectivity index (χ2v) is 5.61. The van der Waals surface area contributed by atoms with Crippen molar-refractivity contribution in [2.24, 2.45) is 5.73 Å². The van der Waals surface area contributed by atoms with E-state index in [-0.39, 0.29) is 6.04 Å². The highest BCUT2D eigenvalue weighted by molar-refractivity contribution is 5.55. The predicted molar refractivity (Wildman–Crippen MR) is 91.9 cm³/mol. The van der Waals surface area contributed by atoms with Crippen molar-refractivity contribution in [1.29, 1.82) is 0 Å². The van der Waals surface area contributed by atoms with Crippen LogP contribution in [0.1, 0.15) is 35.2 Å². The molecule has 112 valence electrons. The Hall–Kier alpha value is -1.80. The Bertz CT molecular complexity index is 604. The summed E-state index contributed by atoms with van der Waals surface area (Å²) in [6.07, 6.45) is 0. The van der Waals surface area contributed by atoms with Crippen LogP contribution < -0.4 is 10.6 Å². The molecule has 0 amide bonds. The molecule has 1 atom stereocenters.